The van der Waals surface area contributed by atoms with E-state index in [1.807, 2.05) is 11.3 Å². The molecule has 1 fully saturated rings. The SMILES string of the molecule is CCC1c2ccsc2CCN1CC(=O)NC1CCCCC1C. The van der Waals surface area contributed by atoms with E-state index in [9.17, 15) is 4.79 Å². The zero-order chi connectivity index (χ0) is 15.5. The molecule has 1 saturated carbocycles. The van der Waals surface area contributed by atoms with Gasteiger partial charge in [0.2, 0.25) is 5.91 Å². The number of rotatable bonds is 4. The Balaban J connectivity index is 1.59. The summed E-state index contributed by atoms with van der Waals surface area (Å²) in [6, 6.07) is 3.06. The molecule has 3 rings (SSSR count). The summed E-state index contributed by atoms with van der Waals surface area (Å²) < 4.78 is 0. The van der Waals surface area contributed by atoms with Crippen LogP contribution >= 0.6 is 11.3 Å². The lowest BCUT2D eigenvalue weighted by Crippen LogP contribution is -2.47. The molecule has 1 amide bonds. The molecule has 0 spiro atoms. The lowest BCUT2D eigenvalue weighted by molar-refractivity contribution is -0.124. The van der Waals surface area contributed by atoms with Gasteiger partial charge in [0.1, 0.15) is 0 Å². The van der Waals surface area contributed by atoms with Crippen molar-refractivity contribution in [2.45, 2.75) is 64.5 Å². The van der Waals surface area contributed by atoms with Gasteiger partial charge in [0.05, 0.1) is 6.54 Å². The van der Waals surface area contributed by atoms with Crippen LogP contribution in [-0.2, 0) is 11.2 Å². The molecule has 1 aliphatic heterocycles. The van der Waals surface area contributed by atoms with Crippen LogP contribution in [0.5, 0.6) is 0 Å². The molecule has 2 aliphatic rings. The first-order chi connectivity index (χ1) is 10.7. The Morgan fingerprint density at radius 2 is 2.23 bits per heavy atom. The summed E-state index contributed by atoms with van der Waals surface area (Å²) in [6.45, 7) is 6.07. The number of nitrogens with zero attached hydrogens (tertiary/aromatic N) is 1. The topological polar surface area (TPSA) is 32.3 Å². The summed E-state index contributed by atoms with van der Waals surface area (Å²) >= 11 is 1.87. The second kappa shape index (κ2) is 7.14. The van der Waals surface area contributed by atoms with Gasteiger partial charge in [0.25, 0.3) is 0 Å². The Kier molecular flexibility index (Phi) is 5.19. The average molecular weight is 321 g/mol. The van der Waals surface area contributed by atoms with Gasteiger partial charge >= 0.3 is 0 Å². The molecule has 3 atom stereocenters. The summed E-state index contributed by atoms with van der Waals surface area (Å²) in [5, 5.41) is 5.50. The highest BCUT2D eigenvalue weighted by Crippen LogP contribution is 2.34. The van der Waals surface area contributed by atoms with Crippen LogP contribution in [0.1, 0.15) is 62.4 Å². The number of hydrogen-bond acceptors (Lipinski definition) is 3. The second-order valence-corrected chi connectivity index (χ2v) is 7.88. The minimum atomic E-state index is 0.218. The first kappa shape index (κ1) is 16.0. The zero-order valence-electron chi connectivity index (χ0n) is 13.8. The minimum Gasteiger partial charge on any atom is -0.352 e. The van der Waals surface area contributed by atoms with Gasteiger partial charge in [-0.25, -0.2) is 0 Å². The maximum absolute atomic E-state index is 12.5. The number of thiophene rings is 1. The zero-order valence-corrected chi connectivity index (χ0v) is 14.6. The van der Waals surface area contributed by atoms with Crippen molar-refractivity contribution in [2.75, 3.05) is 13.1 Å². The molecule has 4 heteroatoms. The fourth-order valence-electron chi connectivity index (χ4n) is 4.08. The summed E-state index contributed by atoms with van der Waals surface area (Å²) in [6.07, 6.45) is 7.16. The molecule has 1 aliphatic carbocycles. The van der Waals surface area contributed by atoms with E-state index in [1.54, 1.807) is 0 Å². The highest BCUT2D eigenvalue weighted by atomic mass is 32.1. The third-order valence-electron chi connectivity index (χ3n) is 5.40. The van der Waals surface area contributed by atoms with Crippen LogP contribution in [0.15, 0.2) is 11.4 Å². The fraction of sp³-hybridized carbons (Fsp3) is 0.722. The Bertz CT molecular complexity index is 513. The quantitative estimate of drug-likeness (QED) is 0.916. The van der Waals surface area contributed by atoms with E-state index in [-0.39, 0.29) is 5.91 Å². The molecule has 0 bridgehead atoms. The van der Waals surface area contributed by atoms with Crippen molar-refractivity contribution in [2.24, 2.45) is 5.92 Å². The standard InChI is InChI=1S/C18H28N2OS/c1-3-16-14-9-11-22-17(14)8-10-20(16)12-18(21)19-15-7-5-4-6-13(15)2/h9,11,13,15-16H,3-8,10,12H2,1-2H3,(H,19,21). The van der Waals surface area contributed by atoms with Crippen LogP contribution in [0.4, 0.5) is 0 Å². The summed E-state index contributed by atoms with van der Waals surface area (Å²) in [4.78, 5) is 16.4. The van der Waals surface area contributed by atoms with Gasteiger partial charge in [-0.1, -0.05) is 26.7 Å². The molecule has 122 valence electrons. The first-order valence-electron chi connectivity index (χ1n) is 8.78. The van der Waals surface area contributed by atoms with E-state index in [4.69, 9.17) is 0 Å². The predicted molar refractivity (Wildman–Crippen MR) is 92.2 cm³/mol. The summed E-state index contributed by atoms with van der Waals surface area (Å²) in [5.74, 6) is 0.848. The summed E-state index contributed by atoms with van der Waals surface area (Å²) in [7, 11) is 0. The third kappa shape index (κ3) is 3.38. The Hall–Kier alpha value is -0.870. The molecule has 0 radical (unpaired) electrons. The van der Waals surface area contributed by atoms with Gasteiger partial charge in [-0.15, -0.1) is 11.3 Å². The maximum atomic E-state index is 12.5. The molecule has 1 aromatic rings. The third-order valence-corrected chi connectivity index (χ3v) is 6.39. The van der Waals surface area contributed by atoms with Crippen molar-refractivity contribution in [3.05, 3.63) is 21.9 Å². The normalized spacial score (nSPS) is 29.1. The number of amides is 1. The first-order valence-corrected chi connectivity index (χ1v) is 9.66. The summed E-state index contributed by atoms with van der Waals surface area (Å²) in [5.41, 5.74) is 1.46. The molecule has 1 aromatic heterocycles. The molecule has 0 saturated heterocycles. The highest BCUT2D eigenvalue weighted by Gasteiger charge is 2.29. The lowest BCUT2D eigenvalue weighted by atomic mass is 9.86. The molecular formula is C18H28N2OS. The average Bonchev–Trinajstić information content (AvgIpc) is 2.98. The van der Waals surface area contributed by atoms with Crippen LogP contribution in [-0.4, -0.2) is 29.9 Å². The molecule has 3 nitrogen and oxygen atoms in total. The number of nitrogens with one attached hydrogen (secondary N) is 1. The van der Waals surface area contributed by atoms with Crippen molar-refractivity contribution in [1.82, 2.24) is 10.2 Å². The number of fused-ring (bicyclic) bond motifs is 1. The fourth-order valence-corrected chi connectivity index (χ4v) is 5.01. The minimum absolute atomic E-state index is 0.218. The van der Waals surface area contributed by atoms with E-state index in [0.29, 0.717) is 24.5 Å². The lowest BCUT2D eigenvalue weighted by Gasteiger charge is -2.36. The molecule has 3 unspecified atom stereocenters. The maximum Gasteiger partial charge on any atom is 0.234 e. The van der Waals surface area contributed by atoms with Crippen molar-refractivity contribution >= 4 is 17.2 Å². The van der Waals surface area contributed by atoms with E-state index >= 15 is 0 Å². The molecule has 1 N–H and O–H groups in total. The monoisotopic (exact) mass is 320 g/mol. The van der Waals surface area contributed by atoms with Gasteiger partial charge in [-0.3, -0.25) is 9.69 Å². The smallest absolute Gasteiger partial charge is 0.234 e. The van der Waals surface area contributed by atoms with Gasteiger partial charge in [0.15, 0.2) is 0 Å². The molecule has 22 heavy (non-hydrogen) atoms. The largest absolute Gasteiger partial charge is 0.352 e. The van der Waals surface area contributed by atoms with Gasteiger partial charge in [0, 0.05) is 23.5 Å². The van der Waals surface area contributed by atoms with Crippen LogP contribution < -0.4 is 5.32 Å². The Morgan fingerprint density at radius 1 is 1.41 bits per heavy atom. The predicted octanol–water partition coefficient (Wildman–Crippen LogP) is 3.75. The Morgan fingerprint density at radius 3 is 3.00 bits per heavy atom. The van der Waals surface area contributed by atoms with Crippen molar-refractivity contribution in [3.63, 3.8) is 0 Å². The second-order valence-electron chi connectivity index (χ2n) is 6.88. The highest BCUT2D eigenvalue weighted by molar-refractivity contribution is 7.10. The number of carbonyl (C=O) groups is 1. The van der Waals surface area contributed by atoms with Gasteiger partial charge in [-0.2, -0.15) is 0 Å². The van der Waals surface area contributed by atoms with Crippen LogP contribution in [0.25, 0.3) is 0 Å². The van der Waals surface area contributed by atoms with Crippen molar-refractivity contribution in [3.8, 4) is 0 Å². The van der Waals surface area contributed by atoms with E-state index in [2.05, 4.69) is 35.5 Å². The van der Waals surface area contributed by atoms with Gasteiger partial charge < -0.3 is 5.32 Å². The van der Waals surface area contributed by atoms with E-state index < -0.39 is 0 Å². The van der Waals surface area contributed by atoms with Crippen molar-refractivity contribution in [1.29, 1.82) is 0 Å². The Labute approximate surface area is 138 Å². The van der Waals surface area contributed by atoms with E-state index in [1.165, 1.54) is 29.7 Å². The number of hydrogen-bond donors (Lipinski definition) is 1. The van der Waals surface area contributed by atoms with E-state index in [0.717, 1.165) is 25.8 Å². The van der Waals surface area contributed by atoms with Crippen LogP contribution in [0, 0.1) is 5.92 Å². The van der Waals surface area contributed by atoms with Crippen molar-refractivity contribution < 1.29 is 4.79 Å². The van der Waals surface area contributed by atoms with Gasteiger partial charge in [-0.05, 0) is 48.6 Å². The molecular weight excluding hydrogens is 292 g/mol. The molecule has 2 heterocycles. The molecule has 0 aromatic carbocycles. The van der Waals surface area contributed by atoms with Crippen LogP contribution in [0.2, 0.25) is 0 Å². The number of carbonyl (C=O) groups excluding carboxylic acids is 1. The van der Waals surface area contributed by atoms with Crippen LogP contribution in [0.3, 0.4) is 0 Å².